The van der Waals surface area contributed by atoms with Gasteiger partial charge in [0.1, 0.15) is 0 Å². The predicted octanol–water partition coefficient (Wildman–Crippen LogP) is 2.83. The van der Waals surface area contributed by atoms with Gasteiger partial charge in [0, 0.05) is 18.2 Å². The Bertz CT molecular complexity index is 478. The van der Waals surface area contributed by atoms with E-state index in [0.29, 0.717) is 6.42 Å². The van der Waals surface area contributed by atoms with Gasteiger partial charge < -0.3 is 10.4 Å². The maximum atomic E-state index is 11.4. The number of carboxylic acid groups (broad SMARTS) is 1. The predicted molar refractivity (Wildman–Crippen MR) is 71.4 cm³/mol. The van der Waals surface area contributed by atoms with Gasteiger partial charge in [-0.1, -0.05) is 13.0 Å². The molecule has 96 valence electrons. The third-order valence-electron chi connectivity index (χ3n) is 2.44. The maximum Gasteiger partial charge on any atom is 0.328 e. The van der Waals surface area contributed by atoms with Crippen LogP contribution in [0.15, 0.2) is 24.3 Å². The van der Waals surface area contributed by atoms with Crippen molar-refractivity contribution in [1.82, 2.24) is 0 Å². The highest BCUT2D eigenvalue weighted by atomic mass is 16.4. The molecule has 1 aromatic carbocycles. The molecule has 1 amide bonds. The van der Waals surface area contributed by atoms with E-state index in [2.05, 4.69) is 5.32 Å². The highest BCUT2D eigenvalue weighted by molar-refractivity contribution is 5.91. The van der Waals surface area contributed by atoms with Crippen molar-refractivity contribution in [2.24, 2.45) is 0 Å². The SMILES string of the molecule is CCCC(=O)Nc1ccc(/C=C/C(=O)O)c(C)c1. The second-order valence-corrected chi connectivity index (χ2v) is 4.04. The van der Waals surface area contributed by atoms with E-state index in [9.17, 15) is 9.59 Å². The summed E-state index contributed by atoms with van der Waals surface area (Å²) in [6.07, 6.45) is 3.94. The van der Waals surface area contributed by atoms with Crippen molar-refractivity contribution in [3.8, 4) is 0 Å². The van der Waals surface area contributed by atoms with Crippen molar-refractivity contribution < 1.29 is 14.7 Å². The maximum absolute atomic E-state index is 11.4. The summed E-state index contributed by atoms with van der Waals surface area (Å²) >= 11 is 0. The molecular weight excluding hydrogens is 230 g/mol. The van der Waals surface area contributed by atoms with Crippen LogP contribution < -0.4 is 5.32 Å². The lowest BCUT2D eigenvalue weighted by atomic mass is 10.1. The summed E-state index contributed by atoms with van der Waals surface area (Å²) in [5.41, 5.74) is 2.48. The molecule has 0 aromatic heterocycles. The quantitative estimate of drug-likeness (QED) is 0.786. The second-order valence-electron chi connectivity index (χ2n) is 4.04. The van der Waals surface area contributed by atoms with Crippen LogP contribution in [0.5, 0.6) is 0 Å². The Kier molecular flexibility index (Phi) is 5.11. The topological polar surface area (TPSA) is 66.4 Å². The van der Waals surface area contributed by atoms with Crippen LogP contribution in [0, 0.1) is 6.92 Å². The normalized spacial score (nSPS) is 10.6. The molecule has 0 saturated heterocycles. The number of carboxylic acids is 1. The average Bonchev–Trinajstić information content (AvgIpc) is 2.28. The molecule has 0 spiro atoms. The van der Waals surface area contributed by atoms with Crippen LogP contribution in [-0.4, -0.2) is 17.0 Å². The van der Waals surface area contributed by atoms with Crippen LogP contribution in [0.2, 0.25) is 0 Å². The largest absolute Gasteiger partial charge is 0.478 e. The Balaban J connectivity index is 2.79. The van der Waals surface area contributed by atoms with E-state index >= 15 is 0 Å². The number of carbonyl (C=O) groups is 2. The number of hydrogen-bond donors (Lipinski definition) is 2. The zero-order valence-electron chi connectivity index (χ0n) is 10.6. The number of aryl methyl sites for hydroxylation is 1. The highest BCUT2D eigenvalue weighted by Crippen LogP contribution is 2.16. The first-order valence-electron chi connectivity index (χ1n) is 5.84. The first kappa shape index (κ1) is 14.0. The van der Waals surface area contributed by atoms with E-state index in [-0.39, 0.29) is 5.91 Å². The van der Waals surface area contributed by atoms with E-state index in [1.165, 1.54) is 6.08 Å². The molecule has 0 aliphatic carbocycles. The van der Waals surface area contributed by atoms with Gasteiger partial charge in [-0.15, -0.1) is 0 Å². The molecule has 0 bridgehead atoms. The van der Waals surface area contributed by atoms with Gasteiger partial charge in [-0.3, -0.25) is 4.79 Å². The zero-order chi connectivity index (χ0) is 13.5. The molecule has 2 N–H and O–H groups in total. The molecular formula is C14H17NO3. The Morgan fingerprint density at radius 1 is 1.39 bits per heavy atom. The average molecular weight is 247 g/mol. The molecule has 0 fully saturated rings. The first-order chi connectivity index (χ1) is 8.52. The third kappa shape index (κ3) is 4.41. The molecule has 0 atom stereocenters. The molecule has 0 radical (unpaired) electrons. The summed E-state index contributed by atoms with van der Waals surface area (Å²) in [6, 6.07) is 5.38. The van der Waals surface area contributed by atoms with Gasteiger partial charge in [-0.05, 0) is 42.7 Å². The van der Waals surface area contributed by atoms with Crippen molar-refractivity contribution in [3.05, 3.63) is 35.4 Å². The van der Waals surface area contributed by atoms with E-state index in [1.807, 2.05) is 19.9 Å². The van der Waals surface area contributed by atoms with Crippen LogP contribution in [-0.2, 0) is 9.59 Å². The van der Waals surface area contributed by atoms with Gasteiger partial charge in [-0.2, -0.15) is 0 Å². The summed E-state index contributed by atoms with van der Waals surface area (Å²) in [4.78, 5) is 21.8. The molecule has 0 unspecified atom stereocenters. The van der Waals surface area contributed by atoms with E-state index in [4.69, 9.17) is 5.11 Å². The Morgan fingerprint density at radius 2 is 2.11 bits per heavy atom. The van der Waals surface area contributed by atoms with Crippen molar-refractivity contribution in [2.75, 3.05) is 5.32 Å². The number of hydrogen-bond acceptors (Lipinski definition) is 2. The Morgan fingerprint density at radius 3 is 2.67 bits per heavy atom. The monoisotopic (exact) mass is 247 g/mol. The van der Waals surface area contributed by atoms with Crippen LogP contribution in [0.1, 0.15) is 30.9 Å². The fourth-order valence-electron chi connectivity index (χ4n) is 1.55. The minimum atomic E-state index is -0.977. The molecule has 0 saturated carbocycles. The number of rotatable bonds is 5. The Labute approximate surface area is 106 Å². The number of carbonyl (C=O) groups excluding carboxylic acids is 1. The molecule has 18 heavy (non-hydrogen) atoms. The minimum Gasteiger partial charge on any atom is -0.478 e. The minimum absolute atomic E-state index is 0.00859. The van der Waals surface area contributed by atoms with Crippen LogP contribution in [0.3, 0.4) is 0 Å². The van der Waals surface area contributed by atoms with Crippen LogP contribution in [0.25, 0.3) is 6.08 Å². The zero-order valence-corrected chi connectivity index (χ0v) is 10.6. The standard InChI is InChI=1S/C14H17NO3/c1-3-4-13(16)15-12-7-5-11(10(2)9-12)6-8-14(17)18/h5-9H,3-4H2,1-2H3,(H,15,16)(H,17,18)/b8-6+. The molecule has 4 nitrogen and oxygen atoms in total. The molecule has 4 heteroatoms. The Hall–Kier alpha value is -2.10. The van der Waals surface area contributed by atoms with E-state index in [1.54, 1.807) is 12.1 Å². The van der Waals surface area contributed by atoms with E-state index < -0.39 is 5.97 Å². The molecule has 1 rings (SSSR count). The summed E-state index contributed by atoms with van der Waals surface area (Å²) in [5, 5.41) is 11.4. The van der Waals surface area contributed by atoms with Gasteiger partial charge in [0.2, 0.25) is 5.91 Å². The van der Waals surface area contributed by atoms with Gasteiger partial charge in [-0.25, -0.2) is 4.79 Å². The number of benzene rings is 1. The molecule has 0 aliphatic heterocycles. The lowest BCUT2D eigenvalue weighted by molar-refractivity contribution is -0.131. The van der Waals surface area contributed by atoms with E-state index in [0.717, 1.165) is 29.3 Å². The summed E-state index contributed by atoms with van der Waals surface area (Å²) in [6.45, 7) is 3.82. The lowest BCUT2D eigenvalue weighted by Gasteiger charge is -2.07. The van der Waals surface area contributed by atoms with Crippen molar-refractivity contribution in [3.63, 3.8) is 0 Å². The van der Waals surface area contributed by atoms with Crippen molar-refractivity contribution in [1.29, 1.82) is 0 Å². The smallest absolute Gasteiger partial charge is 0.328 e. The van der Waals surface area contributed by atoms with Crippen LogP contribution >= 0.6 is 0 Å². The first-order valence-corrected chi connectivity index (χ1v) is 5.84. The van der Waals surface area contributed by atoms with Gasteiger partial charge >= 0.3 is 5.97 Å². The molecule has 0 aliphatic rings. The number of nitrogens with one attached hydrogen (secondary N) is 1. The number of aliphatic carboxylic acids is 1. The molecule has 1 aromatic rings. The molecule has 0 heterocycles. The highest BCUT2D eigenvalue weighted by Gasteiger charge is 2.02. The van der Waals surface area contributed by atoms with Crippen molar-refractivity contribution in [2.45, 2.75) is 26.7 Å². The van der Waals surface area contributed by atoms with Gasteiger partial charge in [0.25, 0.3) is 0 Å². The van der Waals surface area contributed by atoms with Gasteiger partial charge in [0.05, 0.1) is 0 Å². The van der Waals surface area contributed by atoms with Crippen LogP contribution in [0.4, 0.5) is 5.69 Å². The van der Waals surface area contributed by atoms with Crippen molar-refractivity contribution >= 4 is 23.6 Å². The second kappa shape index (κ2) is 6.59. The third-order valence-corrected chi connectivity index (χ3v) is 2.44. The summed E-state index contributed by atoms with van der Waals surface area (Å²) < 4.78 is 0. The summed E-state index contributed by atoms with van der Waals surface area (Å²) in [5.74, 6) is -0.986. The fraction of sp³-hybridized carbons (Fsp3) is 0.286. The number of anilines is 1. The van der Waals surface area contributed by atoms with Gasteiger partial charge in [0.15, 0.2) is 0 Å². The lowest BCUT2D eigenvalue weighted by Crippen LogP contribution is -2.10. The fourth-order valence-corrected chi connectivity index (χ4v) is 1.55. The summed E-state index contributed by atoms with van der Waals surface area (Å²) in [7, 11) is 0. The number of amides is 1.